The number of halogens is 4. The van der Waals surface area contributed by atoms with Crippen LogP contribution in [-0.4, -0.2) is 34.6 Å². The summed E-state index contributed by atoms with van der Waals surface area (Å²) in [6, 6.07) is 2.31. The molecule has 8 nitrogen and oxygen atoms in total. The molecular formula is C17H15ClF3N7O. The lowest BCUT2D eigenvalue weighted by Crippen LogP contribution is -2.13. The Morgan fingerprint density at radius 3 is 2.52 bits per heavy atom. The largest absolute Gasteiger partial charge is 0.433 e. The Kier molecular flexibility index (Phi) is 4.56. The van der Waals surface area contributed by atoms with Gasteiger partial charge in [-0.25, -0.2) is 9.50 Å². The van der Waals surface area contributed by atoms with E-state index in [9.17, 15) is 13.2 Å². The lowest BCUT2D eigenvalue weighted by molar-refractivity contribution is -0.142. The van der Waals surface area contributed by atoms with Gasteiger partial charge >= 0.3 is 6.18 Å². The van der Waals surface area contributed by atoms with Gasteiger partial charge in [0.2, 0.25) is 5.89 Å². The minimum Gasteiger partial charge on any atom is -0.419 e. The minimum absolute atomic E-state index is 0.0164. The zero-order valence-corrected chi connectivity index (χ0v) is 16.4. The Balaban J connectivity index is 1.61. The Hall–Kier alpha value is -2.95. The van der Waals surface area contributed by atoms with Crippen LogP contribution >= 0.6 is 11.6 Å². The van der Waals surface area contributed by atoms with Crippen molar-refractivity contribution in [2.45, 2.75) is 39.9 Å². The molecule has 4 rings (SSSR count). The summed E-state index contributed by atoms with van der Waals surface area (Å²) >= 11 is 6.13. The van der Waals surface area contributed by atoms with Crippen molar-refractivity contribution < 1.29 is 17.6 Å². The van der Waals surface area contributed by atoms with Gasteiger partial charge in [-0.05, 0) is 26.8 Å². The fourth-order valence-corrected chi connectivity index (χ4v) is 3.09. The molecule has 0 aromatic carbocycles. The number of alkyl halides is 3. The van der Waals surface area contributed by atoms with Gasteiger partial charge < -0.3 is 4.42 Å². The van der Waals surface area contributed by atoms with Crippen molar-refractivity contribution in [1.82, 2.24) is 34.6 Å². The summed E-state index contributed by atoms with van der Waals surface area (Å²) in [7, 11) is 0. The van der Waals surface area contributed by atoms with E-state index in [0.717, 1.165) is 22.0 Å². The fourth-order valence-electron chi connectivity index (χ4n) is 2.96. The van der Waals surface area contributed by atoms with Crippen LogP contribution in [0, 0.1) is 20.8 Å². The molecular weight excluding hydrogens is 411 g/mol. The lowest BCUT2D eigenvalue weighted by Gasteiger charge is -2.08. The first-order valence-corrected chi connectivity index (χ1v) is 8.98. The molecule has 12 heteroatoms. The first-order valence-electron chi connectivity index (χ1n) is 8.60. The summed E-state index contributed by atoms with van der Waals surface area (Å²) in [5.74, 6) is 0.323. The van der Waals surface area contributed by atoms with E-state index in [4.69, 9.17) is 16.0 Å². The molecule has 4 heterocycles. The molecule has 29 heavy (non-hydrogen) atoms. The Morgan fingerprint density at radius 1 is 1.10 bits per heavy atom. The standard InChI is InChI=1S/C17H15ClF3N7O/c1-8-6-12(17(19,20)21)28-13(22-8)7-11(26-28)16-24-23-14(29-16)4-5-27-10(3)15(18)9(2)25-27/h6-7H,4-5H2,1-3H3. The van der Waals surface area contributed by atoms with Gasteiger partial charge in [0.1, 0.15) is 5.69 Å². The second kappa shape index (κ2) is 6.83. The first-order chi connectivity index (χ1) is 13.6. The van der Waals surface area contributed by atoms with E-state index in [2.05, 4.69) is 25.4 Å². The number of rotatable bonds is 4. The van der Waals surface area contributed by atoms with Crippen molar-refractivity contribution in [2.75, 3.05) is 0 Å². The van der Waals surface area contributed by atoms with Gasteiger partial charge in [0.25, 0.3) is 5.89 Å². The van der Waals surface area contributed by atoms with Gasteiger partial charge in [0, 0.05) is 24.7 Å². The van der Waals surface area contributed by atoms with Gasteiger partial charge in [0.15, 0.2) is 11.3 Å². The second-order valence-electron chi connectivity index (χ2n) is 6.54. The number of hydrogen-bond acceptors (Lipinski definition) is 6. The monoisotopic (exact) mass is 425 g/mol. The smallest absolute Gasteiger partial charge is 0.419 e. The van der Waals surface area contributed by atoms with Crippen LogP contribution in [-0.2, 0) is 19.1 Å². The van der Waals surface area contributed by atoms with Crippen molar-refractivity contribution in [3.8, 4) is 11.6 Å². The van der Waals surface area contributed by atoms with Crippen LogP contribution in [0.4, 0.5) is 13.2 Å². The van der Waals surface area contributed by atoms with E-state index in [1.165, 1.54) is 13.0 Å². The molecule has 0 bridgehead atoms. The zero-order chi connectivity index (χ0) is 20.9. The van der Waals surface area contributed by atoms with E-state index in [0.29, 0.717) is 23.9 Å². The topological polar surface area (TPSA) is 86.9 Å². The van der Waals surface area contributed by atoms with E-state index in [1.54, 1.807) is 4.68 Å². The van der Waals surface area contributed by atoms with Crippen molar-refractivity contribution in [3.63, 3.8) is 0 Å². The molecule has 0 aliphatic rings. The molecule has 0 atom stereocenters. The zero-order valence-electron chi connectivity index (χ0n) is 15.6. The van der Waals surface area contributed by atoms with Crippen LogP contribution in [0.1, 0.15) is 28.7 Å². The number of nitrogens with zero attached hydrogens (tertiary/aromatic N) is 7. The third kappa shape index (κ3) is 3.57. The predicted octanol–water partition coefficient (Wildman–Crippen LogP) is 3.82. The molecule has 0 amide bonds. The molecule has 0 saturated heterocycles. The van der Waals surface area contributed by atoms with E-state index < -0.39 is 11.9 Å². The minimum atomic E-state index is -4.57. The molecule has 4 aromatic rings. The number of hydrogen-bond donors (Lipinski definition) is 0. The molecule has 0 spiro atoms. The second-order valence-corrected chi connectivity index (χ2v) is 6.92. The van der Waals surface area contributed by atoms with Gasteiger partial charge in [-0.15, -0.1) is 10.2 Å². The van der Waals surface area contributed by atoms with Crippen LogP contribution in [0.15, 0.2) is 16.5 Å². The molecule has 0 unspecified atom stereocenters. The molecule has 0 aliphatic heterocycles. The lowest BCUT2D eigenvalue weighted by atomic mass is 10.3. The van der Waals surface area contributed by atoms with Crippen molar-refractivity contribution in [2.24, 2.45) is 0 Å². The number of aryl methyl sites for hydroxylation is 4. The summed E-state index contributed by atoms with van der Waals surface area (Å²) in [5.41, 5.74) is 1.01. The highest BCUT2D eigenvalue weighted by molar-refractivity contribution is 6.31. The SMILES string of the molecule is Cc1cc(C(F)(F)F)n2nc(-c3nnc(CCn4nc(C)c(Cl)c4C)o3)cc2n1. The third-order valence-electron chi connectivity index (χ3n) is 4.36. The van der Waals surface area contributed by atoms with Crippen LogP contribution in [0.5, 0.6) is 0 Å². The molecule has 4 aromatic heterocycles. The van der Waals surface area contributed by atoms with Gasteiger partial charge in [-0.1, -0.05) is 11.6 Å². The highest BCUT2D eigenvalue weighted by Gasteiger charge is 2.35. The molecule has 0 radical (unpaired) electrons. The highest BCUT2D eigenvalue weighted by atomic mass is 35.5. The Labute approximate surface area is 167 Å². The maximum Gasteiger partial charge on any atom is 0.433 e. The van der Waals surface area contributed by atoms with Crippen molar-refractivity contribution in [1.29, 1.82) is 0 Å². The maximum absolute atomic E-state index is 13.3. The number of aromatic nitrogens is 7. The van der Waals surface area contributed by atoms with Gasteiger partial charge in [0.05, 0.1) is 16.4 Å². The van der Waals surface area contributed by atoms with Crippen LogP contribution < -0.4 is 0 Å². The average molecular weight is 426 g/mol. The predicted molar refractivity (Wildman–Crippen MR) is 96.4 cm³/mol. The summed E-state index contributed by atoms with van der Waals surface area (Å²) in [6.45, 7) is 5.61. The van der Waals surface area contributed by atoms with Crippen molar-refractivity contribution in [3.05, 3.63) is 45.8 Å². The molecule has 0 N–H and O–H groups in total. The van der Waals surface area contributed by atoms with Crippen LogP contribution in [0.3, 0.4) is 0 Å². The van der Waals surface area contributed by atoms with E-state index >= 15 is 0 Å². The van der Waals surface area contributed by atoms with Gasteiger partial charge in [-0.2, -0.15) is 23.4 Å². The quantitative estimate of drug-likeness (QED) is 0.494. The third-order valence-corrected chi connectivity index (χ3v) is 4.91. The van der Waals surface area contributed by atoms with Gasteiger partial charge in [-0.3, -0.25) is 4.68 Å². The normalized spacial score (nSPS) is 12.2. The molecule has 0 fully saturated rings. The Bertz CT molecular complexity index is 1210. The van der Waals surface area contributed by atoms with Crippen LogP contribution in [0.25, 0.3) is 17.2 Å². The van der Waals surface area contributed by atoms with Crippen molar-refractivity contribution >= 4 is 17.2 Å². The van der Waals surface area contributed by atoms with E-state index in [1.807, 2.05) is 13.8 Å². The van der Waals surface area contributed by atoms with Crippen LogP contribution in [0.2, 0.25) is 5.02 Å². The molecule has 152 valence electrons. The molecule has 0 aliphatic carbocycles. The first kappa shape index (κ1) is 19.4. The summed E-state index contributed by atoms with van der Waals surface area (Å²) in [5, 5.41) is 16.7. The molecule has 0 saturated carbocycles. The summed E-state index contributed by atoms with van der Waals surface area (Å²) in [4.78, 5) is 4.09. The highest BCUT2D eigenvalue weighted by Crippen LogP contribution is 2.31. The summed E-state index contributed by atoms with van der Waals surface area (Å²) in [6.07, 6.45) is -4.19. The summed E-state index contributed by atoms with van der Waals surface area (Å²) < 4.78 is 47.9. The number of fused-ring (bicyclic) bond motifs is 1. The Morgan fingerprint density at radius 2 is 1.86 bits per heavy atom. The average Bonchev–Trinajstić information content (AvgIpc) is 3.33. The fraction of sp³-hybridized carbons (Fsp3) is 0.353. The maximum atomic E-state index is 13.3. The van der Waals surface area contributed by atoms with E-state index in [-0.39, 0.29) is 22.9 Å².